The first-order valence-corrected chi connectivity index (χ1v) is 12.5. The lowest BCUT2D eigenvalue weighted by Gasteiger charge is -2.35. The Balaban J connectivity index is 1.39. The van der Waals surface area contributed by atoms with Gasteiger partial charge >= 0.3 is 0 Å². The Morgan fingerprint density at radius 2 is 2.03 bits per heavy atom. The van der Waals surface area contributed by atoms with Gasteiger partial charge in [0, 0.05) is 60.9 Å². The SMILES string of the molecule is Cc1nn(-c2ccnc(Nc3ccc4c(c3)c(Cl)cn4S(C)(=O)=O)n2)cc1CN1CC(O)C1. The zero-order valence-corrected chi connectivity index (χ0v) is 19.5. The van der Waals surface area contributed by atoms with Gasteiger partial charge in [0.25, 0.3) is 0 Å². The maximum atomic E-state index is 12.0. The second-order valence-corrected chi connectivity index (χ2v) is 10.4. The van der Waals surface area contributed by atoms with E-state index in [9.17, 15) is 13.5 Å². The highest BCUT2D eigenvalue weighted by molar-refractivity contribution is 7.89. The topological polar surface area (TPSA) is 118 Å². The minimum absolute atomic E-state index is 0.241. The molecule has 5 rings (SSSR count). The number of fused-ring (bicyclic) bond motifs is 1. The predicted molar refractivity (Wildman–Crippen MR) is 126 cm³/mol. The molecule has 1 saturated heterocycles. The molecule has 172 valence electrons. The molecular formula is C21H22ClN7O3S. The molecule has 3 aromatic heterocycles. The van der Waals surface area contributed by atoms with E-state index in [-0.39, 0.29) is 6.10 Å². The standard InChI is InChI=1S/C21H22ClN7O3S/c1-13-14(8-27-10-16(30)11-27)9-28(26-13)20-5-6-23-21(25-20)24-15-3-4-19-17(7-15)18(22)12-29(19)33(2,31)32/h3-7,9,12,16,30H,8,10-11H2,1-2H3,(H,23,24,25). The highest BCUT2D eigenvalue weighted by atomic mass is 35.5. The normalized spacial score (nSPS) is 15.2. The van der Waals surface area contributed by atoms with Gasteiger partial charge < -0.3 is 10.4 Å². The van der Waals surface area contributed by atoms with Crippen molar-refractivity contribution in [2.24, 2.45) is 0 Å². The Morgan fingerprint density at radius 3 is 2.76 bits per heavy atom. The minimum atomic E-state index is -3.46. The molecule has 0 atom stereocenters. The van der Waals surface area contributed by atoms with Crippen LogP contribution in [0.4, 0.5) is 11.6 Å². The summed E-state index contributed by atoms with van der Waals surface area (Å²) in [6.45, 7) is 4.03. The zero-order chi connectivity index (χ0) is 23.3. The third-order valence-corrected chi connectivity index (χ3v) is 6.86. The number of halogens is 1. The lowest BCUT2D eigenvalue weighted by molar-refractivity contribution is -0.00297. The number of benzene rings is 1. The van der Waals surface area contributed by atoms with Crippen molar-refractivity contribution < 1.29 is 13.5 Å². The number of β-amino-alcohol motifs (C(OH)–C–C–N with tert-alkyl or cyclic N) is 1. The van der Waals surface area contributed by atoms with Crippen molar-refractivity contribution in [2.75, 3.05) is 24.7 Å². The molecule has 4 aromatic rings. The number of nitrogens with one attached hydrogen (secondary N) is 1. The van der Waals surface area contributed by atoms with Gasteiger partial charge in [0.15, 0.2) is 5.82 Å². The van der Waals surface area contributed by atoms with Crippen LogP contribution in [0.1, 0.15) is 11.3 Å². The first-order valence-electron chi connectivity index (χ1n) is 10.2. The summed E-state index contributed by atoms with van der Waals surface area (Å²) in [7, 11) is -3.46. The molecule has 12 heteroatoms. The van der Waals surface area contributed by atoms with E-state index in [4.69, 9.17) is 11.6 Å². The molecule has 0 spiro atoms. The molecule has 0 aliphatic carbocycles. The number of hydrogen-bond acceptors (Lipinski definition) is 8. The number of aliphatic hydroxyl groups is 1. The van der Waals surface area contributed by atoms with Crippen molar-refractivity contribution in [3.8, 4) is 5.82 Å². The second kappa shape index (κ2) is 8.10. The number of rotatable bonds is 6. The molecule has 0 amide bonds. The number of aromatic nitrogens is 5. The van der Waals surface area contributed by atoms with E-state index in [0.29, 0.717) is 46.5 Å². The number of anilines is 2. The Kier molecular flexibility index (Phi) is 5.36. The largest absolute Gasteiger partial charge is 0.390 e. The summed E-state index contributed by atoms with van der Waals surface area (Å²) < 4.78 is 26.8. The van der Waals surface area contributed by atoms with Gasteiger partial charge in [-0.25, -0.2) is 22.1 Å². The predicted octanol–water partition coefficient (Wildman–Crippen LogP) is 2.31. The molecule has 1 aliphatic heterocycles. The van der Waals surface area contributed by atoms with Crippen molar-refractivity contribution in [1.82, 2.24) is 28.6 Å². The van der Waals surface area contributed by atoms with E-state index < -0.39 is 10.0 Å². The number of hydrogen-bond donors (Lipinski definition) is 2. The van der Waals surface area contributed by atoms with Gasteiger partial charge in [-0.1, -0.05) is 11.6 Å². The van der Waals surface area contributed by atoms with Crippen LogP contribution in [0, 0.1) is 6.92 Å². The maximum absolute atomic E-state index is 12.0. The van der Waals surface area contributed by atoms with E-state index >= 15 is 0 Å². The number of aliphatic hydroxyl groups excluding tert-OH is 1. The first-order chi connectivity index (χ1) is 15.7. The van der Waals surface area contributed by atoms with Crippen LogP contribution in [-0.4, -0.2) is 67.6 Å². The van der Waals surface area contributed by atoms with Crippen LogP contribution in [-0.2, 0) is 16.6 Å². The van der Waals surface area contributed by atoms with E-state index in [1.165, 1.54) is 6.20 Å². The molecule has 4 heterocycles. The van der Waals surface area contributed by atoms with Crippen molar-refractivity contribution in [3.05, 3.63) is 59.1 Å². The zero-order valence-electron chi connectivity index (χ0n) is 18.0. The third kappa shape index (κ3) is 4.32. The molecule has 1 fully saturated rings. The highest BCUT2D eigenvalue weighted by Gasteiger charge is 2.25. The van der Waals surface area contributed by atoms with Crippen LogP contribution in [0.2, 0.25) is 5.02 Å². The smallest absolute Gasteiger partial charge is 0.236 e. The van der Waals surface area contributed by atoms with Crippen LogP contribution < -0.4 is 5.32 Å². The fraction of sp³-hybridized carbons (Fsp3) is 0.286. The molecule has 1 aromatic carbocycles. The van der Waals surface area contributed by atoms with Gasteiger partial charge in [-0.2, -0.15) is 10.1 Å². The van der Waals surface area contributed by atoms with Crippen molar-refractivity contribution >= 4 is 44.2 Å². The minimum Gasteiger partial charge on any atom is -0.390 e. The van der Waals surface area contributed by atoms with Gasteiger partial charge in [-0.05, 0) is 25.1 Å². The summed E-state index contributed by atoms with van der Waals surface area (Å²) in [5, 5.41) is 18.1. The average molecular weight is 488 g/mol. The van der Waals surface area contributed by atoms with Gasteiger partial charge in [-0.15, -0.1) is 0 Å². The van der Waals surface area contributed by atoms with E-state index in [0.717, 1.165) is 28.0 Å². The van der Waals surface area contributed by atoms with E-state index in [1.54, 1.807) is 35.1 Å². The monoisotopic (exact) mass is 487 g/mol. The van der Waals surface area contributed by atoms with Gasteiger partial charge in [0.05, 0.1) is 28.6 Å². The summed E-state index contributed by atoms with van der Waals surface area (Å²) in [4.78, 5) is 11.0. The second-order valence-electron chi connectivity index (χ2n) is 8.16. The maximum Gasteiger partial charge on any atom is 0.236 e. The number of likely N-dealkylation sites (tertiary alicyclic amines) is 1. The molecule has 0 unspecified atom stereocenters. The molecule has 0 saturated carbocycles. The first kappa shape index (κ1) is 21.8. The Bertz CT molecular complexity index is 1460. The van der Waals surface area contributed by atoms with Crippen LogP contribution in [0.3, 0.4) is 0 Å². The molecule has 10 nitrogen and oxygen atoms in total. The van der Waals surface area contributed by atoms with Crippen molar-refractivity contribution in [2.45, 2.75) is 19.6 Å². The lowest BCUT2D eigenvalue weighted by atomic mass is 10.1. The van der Waals surface area contributed by atoms with Crippen LogP contribution in [0.5, 0.6) is 0 Å². The highest BCUT2D eigenvalue weighted by Crippen LogP contribution is 2.30. The van der Waals surface area contributed by atoms with E-state index in [1.807, 2.05) is 13.1 Å². The van der Waals surface area contributed by atoms with Crippen LogP contribution >= 0.6 is 11.6 Å². The van der Waals surface area contributed by atoms with Crippen LogP contribution in [0.25, 0.3) is 16.7 Å². The van der Waals surface area contributed by atoms with Gasteiger partial charge in [0.1, 0.15) is 0 Å². The summed E-state index contributed by atoms with van der Waals surface area (Å²) >= 11 is 6.27. The summed E-state index contributed by atoms with van der Waals surface area (Å²) in [5.74, 6) is 0.971. The summed E-state index contributed by atoms with van der Waals surface area (Å²) in [6.07, 6.45) is 5.85. The van der Waals surface area contributed by atoms with E-state index in [2.05, 4.69) is 25.3 Å². The molecule has 0 bridgehead atoms. The Hall–Kier alpha value is -2.99. The number of aryl methyl sites for hydroxylation is 1. The number of nitrogens with zero attached hydrogens (tertiary/aromatic N) is 6. The average Bonchev–Trinajstić information content (AvgIpc) is 3.27. The van der Waals surface area contributed by atoms with Crippen molar-refractivity contribution in [1.29, 1.82) is 0 Å². The summed E-state index contributed by atoms with van der Waals surface area (Å²) in [6, 6.07) is 6.95. The molecule has 33 heavy (non-hydrogen) atoms. The van der Waals surface area contributed by atoms with Gasteiger partial charge in [-0.3, -0.25) is 4.90 Å². The van der Waals surface area contributed by atoms with Gasteiger partial charge in [0.2, 0.25) is 16.0 Å². The third-order valence-electron chi connectivity index (χ3n) is 5.54. The fourth-order valence-electron chi connectivity index (χ4n) is 3.86. The lowest BCUT2D eigenvalue weighted by Crippen LogP contribution is -2.49. The summed E-state index contributed by atoms with van der Waals surface area (Å²) in [5.41, 5.74) is 3.14. The molecular weight excluding hydrogens is 466 g/mol. The quantitative estimate of drug-likeness (QED) is 0.425. The molecule has 0 radical (unpaired) electrons. The Labute approximate surface area is 195 Å². The van der Waals surface area contributed by atoms with Crippen molar-refractivity contribution in [3.63, 3.8) is 0 Å². The fourth-order valence-corrected chi connectivity index (χ4v) is 4.98. The molecule has 1 aliphatic rings. The molecule has 2 N–H and O–H groups in total. The Morgan fingerprint density at radius 1 is 1.24 bits per heavy atom. The van der Waals surface area contributed by atoms with Crippen LogP contribution in [0.15, 0.2) is 42.9 Å².